The van der Waals surface area contributed by atoms with Crippen LogP contribution >= 0.6 is 0 Å². The molecule has 7 rings (SSSR count). The van der Waals surface area contributed by atoms with Crippen LogP contribution in [0.3, 0.4) is 0 Å². The number of carbonyl (C=O) groups is 2. The SMILES string of the molecule is CCC1CN(C(=O)c2ccc3c(C)c(-c4cc5ccc(N6CC(OC)C6)nc5n4CC4CC4)oc3c2)C(C)[C@@H]1NC(=O)OC(C)(C)C. The third kappa shape index (κ3) is 5.96. The summed E-state index contributed by atoms with van der Waals surface area (Å²) in [7, 11) is 1.76. The van der Waals surface area contributed by atoms with Gasteiger partial charge in [0.15, 0.2) is 5.76 Å². The molecule has 4 aromatic rings. The Bertz CT molecular complexity index is 1830. The monoisotopic (exact) mass is 641 g/mol. The van der Waals surface area contributed by atoms with Crippen molar-refractivity contribution in [3.8, 4) is 11.5 Å². The third-order valence-electron chi connectivity index (χ3n) is 10.2. The highest BCUT2D eigenvalue weighted by atomic mass is 16.6. The van der Waals surface area contributed by atoms with Crippen LogP contribution in [0.15, 0.2) is 40.8 Å². The van der Waals surface area contributed by atoms with E-state index < -0.39 is 11.7 Å². The van der Waals surface area contributed by atoms with Gasteiger partial charge in [-0.3, -0.25) is 4.79 Å². The van der Waals surface area contributed by atoms with Crippen molar-refractivity contribution < 1.29 is 23.5 Å². The number of aromatic nitrogens is 2. The molecule has 2 unspecified atom stereocenters. The quantitative estimate of drug-likeness (QED) is 0.227. The van der Waals surface area contributed by atoms with Crippen LogP contribution in [-0.4, -0.2) is 77.0 Å². The molecule has 5 heterocycles. The van der Waals surface area contributed by atoms with Crippen molar-refractivity contribution in [3.05, 3.63) is 47.5 Å². The number of aryl methyl sites for hydroxylation is 1. The summed E-state index contributed by atoms with van der Waals surface area (Å²) < 4.78 is 20.0. The summed E-state index contributed by atoms with van der Waals surface area (Å²) in [4.78, 5) is 35.8. The molecule has 2 saturated heterocycles. The molecule has 3 fully saturated rings. The van der Waals surface area contributed by atoms with Gasteiger partial charge in [0.2, 0.25) is 0 Å². The number of hydrogen-bond donors (Lipinski definition) is 1. The first-order valence-electron chi connectivity index (χ1n) is 17.1. The van der Waals surface area contributed by atoms with Gasteiger partial charge in [0.25, 0.3) is 5.91 Å². The Kier molecular flexibility index (Phi) is 7.97. The van der Waals surface area contributed by atoms with Gasteiger partial charge in [0, 0.05) is 61.2 Å². The van der Waals surface area contributed by atoms with Gasteiger partial charge in [0.05, 0.1) is 17.8 Å². The second kappa shape index (κ2) is 11.9. The predicted molar refractivity (Wildman–Crippen MR) is 183 cm³/mol. The van der Waals surface area contributed by atoms with E-state index in [0.717, 1.165) is 65.3 Å². The number of nitrogens with zero attached hydrogens (tertiary/aromatic N) is 4. The van der Waals surface area contributed by atoms with Crippen LogP contribution in [0.1, 0.15) is 69.8 Å². The van der Waals surface area contributed by atoms with E-state index >= 15 is 0 Å². The van der Waals surface area contributed by atoms with Crippen LogP contribution in [0.25, 0.3) is 33.5 Å². The van der Waals surface area contributed by atoms with Crippen LogP contribution in [0.4, 0.5) is 10.6 Å². The maximum absolute atomic E-state index is 14.0. The molecule has 47 heavy (non-hydrogen) atoms. The number of furan rings is 1. The fourth-order valence-corrected chi connectivity index (χ4v) is 7.22. The van der Waals surface area contributed by atoms with Crippen molar-refractivity contribution in [3.63, 3.8) is 0 Å². The Balaban J connectivity index is 1.17. The van der Waals surface area contributed by atoms with E-state index in [4.69, 9.17) is 18.9 Å². The fraction of sp³-hybridized carbons (Fsp3) is 0.541. The average molecular weight is 642 g/mol. The van der Waals surface area contributed by atoms with Crippen molar-refractivity contribution in [2.24, 2.45) is 11.8 Å². The molecule has 3 aliphatic rings. The number of benzene rings is 1. The molecule has 1 saturated carbocycles. The predicted octanol–water partition coefficient (Wildman–Crippen LogP) is 6.77. The van der Waals surface area contributed by atoms with E-state index in [9.17, 15) is 9.59 Å². The zero-order valence-corrected chi connectivity index (χ0v) is 28.6. The summed E-state index contributed by atoms with van der Waals surface area (Å²) in [5, 5.41) is 5.13. The van der Waals surface area contributed by atoms with Gasteiger partial charge in [-0.25, -0.2) is 9.78 Å². The molecule has 1 N–H and O–H groups in total. The lowest BCUT2D eigenvalue weighted by Crippen LogP contribution is -2.52. The number of methoxy groups -OCH3 is 1. The van der Waals surface area contributed by atoms with Gasteiger partial charge in [-0.2, -0.15) is 0 Å². The summed E-state index contributed by atoms with van der Waals surface area (Å²) >= 11 is 0. The standard InChI is InChI=1S/C37H47N5O5/c1-8-24-18-41(22(3)32(24)39-36(44)47-37(4,5)6)35(43)26-11-13-28-21(2)33(46-30(28)16-26)29-15-25-12-14-31(40-19-27(20-40)45-7)38-34(25)42(29)17-23-9-10-23/h11-16,22-24,27,32H,8-10,17-20H2,1-7H3,(H,39,44)/t22?,24?,32-/m0/s1. The molecule has 3 aromatic heterocycles. The van der Waals surface area contributed by atoms with E-state index in [1.807, 2.05) is 50.8 Å². The summed E-state index contributed by atoms with van der Waals surface area (Å²) in [6.07, 6.45) is 3.10. The maximum Gasteiger partial charge on any atom is 0.407 e. The first-order chi connectivity index (χ1) is 22.4. The van der Waals surface area contributed by atoms with Gasteiger partial charge < -0.3 is 33.6 Å². The van der Waals surface area contributed by atoms with Crippen molar-refractivity contribution >= 4 is 39.8 Å². The Morgan fingerprint density at radius 3 is 2.53 bits per heavy atom. The average Bonchev–Trinajstić information content (AvgIpc) is 3.58. The number of anilines is 1. The van der Waals surface area contributed by atoms with E-state index in [0.29, 0.717) is 23.6 Å². The number of ether oxygens (including phenoxy) is 2. The highest BCUT2D eigenvalue weighted by molar-refractivity contribution is 6.00. The lowest BCUT2D eigenvalue weighted by Gasteiger charge is -2.39. The number of nitrogens with one attached hydrogen (secondary N) is 1. The van der Waals surface area contributed by atoms with Crippen molar-refractivity contribution in [1.82, 2.24) is 19.8 Å². The number of amides is 2. The molecule has 2 amide bonds. The zero-order valence-electron chi connectivity index (χ0n) is 28.6. The van der Waals surface area contributed by atoms with E-state index in [1.54, 1.807) is 7.11 Å². The number of hydrogen-bond acceptors (Lipinski definition) is 7. The minimum absolute atomic E-state index is 0.0665. The Morgan fingerprint density at radius 1 is 1.09 bits per heavy atom. The van der Waals surface area contributed by atoms with Gasteiger partial charge >= 0.3 is 6.09 Å². The molecular formula is C37H47N5O5. The van der Waals surface area contributed by atoms with Crippen molar-refractivity contribution in [2.45, 2.75) is 91.1 Å². The molecule has 0 spiro atoms. The highest BCUT2D eigenvalue weighted by Crippen LogP contribution is 2.40. The molecule has 1 aromatic carbocycles. The number of carbonyl (C=O) groups excluding carboxylic acids is 2. The second-order valence-electron chi connectivity index (χ2n) is 14.7. The topological polar surface area (TPSA) is 102 Å². The van der Waals surface area contributed by atoms with E-state index in [2.05, 4.69) is 46.8 Å². The van der Waals surface area contributed by atoms with Crippen molar-refractivity contribution in [2.75, 3.05) is 31.6 Å². The molecule has 10 heteroatoms. The van der Waals surface area contributed by atoms with Crippen LogP contribution in [0.5, 0.6) is 0 Å². The minimum atomic E-state index is -0.591. The van der Waals surface area contributed by atoms with Crippen molar-refractivity contribution in [1.29, 1.82) is 0 Å². The van der Waals surface area contributed by atoms with Gasteiger partial charge in [-0.15, -0.1) is 0 Å². The van der Waals surface area contributed by atoms with Crippen LogP contribution < -0.4 is 10.2 Å². The smallest absolute Gasteiger partial charge is 0.407 e. The number of likely N-dealkylation sites (tertiary alicyclic amines) is 1. The van der Waals surface area contributed by atoms with E-state index in [-0.39, 0.29) is 30.0 Å². The summed E-state index contributed by atoms with van der Waals surface area (Å²) in [5.74, 6) is 2.50. The number of alkyl carbamates (subject to hydrolysis) is 1. The third-order valence-corrected chi connectivity index (χ3v) is 10.2. The Morgan fingerprint density at radius 2 is 1.85 bits per heavy atom. The largest absolute Gasteiger partial charge is 0.454 e. The lowest BCUT2D eigenvalue weighted by molar-refractivity contribution is 0.0476. The number of rotatable bonds is 8. The minimum Gasteiger partial charge on any atom is -0.454 e. The molecule has 0 radical (unpaired) electrons. The second-order valence-corrected chi connectivity index (χ2v) is 14.7. The molecule has 1 aliphatic carbocycles. The molecule has 0 bridgehead atoms. The number of fused-ring (bicyclic) bond motifs is 2. The zero-order chi connectivity index (χ0) is 33.2. The highest BCUT2D eigenvalue weighted by Gasteiger charge is 2.42. The summed E-state index contributed by atoms with van der Waals surface area (Å²) in [6.45, 7) is 14.9. The summed E-state index contributed by atoms with van der Waals surface area (Å²) in [5.41, 5.74) is 3.72. The van der Waals surface area contributed by atoms with Gasteiger partial charge in [-0.05, 0) is 96.0 Å². The van der Waals surface area contributed by atoms with E-state index in [1.165, 1.54) is 12.8 Å². The molecule has 3 atom stereocenters. The van der Waals surface area contributed by atoms with Gasteiger partial charge in [0.1, 0.15) is 22.6 Å². The first kappa shape index (κ1) is 31.5. The fourth-order valence-electron chi connectivity index (χ4n) is 7.22. The molecule has 250 valence electrons. The van der Waals surface area contributed by atoms with Gasteiger partial charge in [-0.1, -0.05) is 13.0 Å². The number of pyridine rings is 1. The first-order valence-corrected chi connectivity index (χ1v) is 17.1. The molecular weight excluding hydrogens is 594 g/mol. The maximum atomic E-state index is 14.0. The van der Waals surface area contributed by atoms with Crippen LogP contribution in [0.2, 0.25) is 0 Å². The Hall–Kier alpha value is -4.05. The van der Waals surface area contributed by atoms with Crippen LogP contribution in [0, 0.1) is 18.8 Å². The lowest BCUT2D eigenvalue weighted by atomic mass is 9.97. The van der Waals surface area contributed by atoms with Crippen LogP contribution in [-0.2, 0) is 16.0 Å². The Labute approximate surface area is 276 Å². The normalized spacial score (nSPS) is 21.9. The molecule has 2 aliphatic heterocycles. The molecule has 10 nitrogen and oxygen atoms in total. The summed E-state index contributed by atoms with van der Waals surface area (Å²) in [6, 6.07) is 11.8.